The van der Waals surface area contributed by atoms with Crippen molar-refractivity contribution in [2.75, 3.05) is 56.0 Å². The van der Waals surface area contributed by atoms with Crippen LogP contribution in [0.15, 0.2) is 73.3 Å². The number of anilines is 3. The monoisotopic (exact) mass is 974 g/mol. The van der Waals surface area contributed by atoms with Gasteiger partial charge in [-0.3, -0.25) is 43.9 Å². The smallest absolute Gasteiger partial charge is 0.326 e. The van der Waals surface area contributed by atoms with E-state index < -0.39 is 41.7 Å². The first-order valence-electron chi connectivity index (χ1n) is 23.3. The van der Waals surface area contributed by atoms with E-state index in [0.717, 1.165) is 55.3 Å². The fourth-order valence-corrected chi connectivity index (χ4v) is 11.7. The molecular formula is C48H48Cl2N12O7. The summed E-state index contributed by atoms with van der Waals surface area (Å²) in [5.41, 5.74) is 3.80. The molecule has 6 fully saturated rings. The highest BCUT2D eigenvalue weighted by atomic mass is 35.5. The fourth-order valence-electron chi connectivity index (χ4n) is 11.1. The van der Waals surface area contributed by atoms with Gasteiger partial charge in [-0.25, -0.2) is 25.0 Å². The second-order valence-corrected chi connectivity index (χ2v) is 19.4. The summed E-state index contributed by atoms with van der Waals surface area (Å²) >= 11 is 12.5. The largest absolute Gasteiger partial charge is 0.480 e. The molecule has 356 valence electrons. The number of carboxylic acids is 1. The third-order valence-corrected chi connectivity index (χ3v) is 15.4. The lowest BCUT2D eigenvalue weighted by Gasteiger charge is -2.56. The molecule has 4 N–H and O–H groups in total. The third-order valence-electron chi connectivity index (χ3n) is 14.7. The number of carboxylic acid groups (broad SMARTS) is 1. The van der Waals surface area contributed by atoms with Crippen LogP contribution in [0.1, 0.15) is 87.2 Å². The van der Waals surface area contributed by atoms with Gasteiger partial charge in [0.2, 0.25) is 11.8 Å². The van der Waals surface area contributed by atoms with E-state index in [1.165, 1.54) is 12.4 Å². The molecule has 6 aliphatic heterocycles. The maximum absolute atomic E-state index is 14.1. The molecule has 2 aromatic heterocycles. The van der Waals surface area contributed by atoms with Gasteiger partial charge < -0.3 is 25.2 Å². The lowest BCUT2D eigenvalue weighted by atomic mass is 9.83. The fraction of sp³-hybridized carbons (Fsp3) is 0.396. The lowest BCUT2D eigenvalue weighted by Crippen LogP contribution is -2.66. The molecule has 5 amide bonds. The van der Waals surface area contributed by atoms with Crippen molar-refractivity contribution in [2.45, 2.75) is 68.7 Å². The van der Waals surface area contributed by atoms with Crippen LogP contribution in [0, 0.1) is 5.92 Å². The van der Waals surface area contributed by atoms with Crippen LogP contribution in [0.2, 0.25) is 10.0 Å². The van der Waals surface area contributed by atoms with E-state index in [4.69, 9.17) is 23.2 Å². The van der Waals surface area contributed by atoms with E-state index >= 15 is 0 Å². The van der Waals surface area contributed by atoms with Crippen LogP contribution in [0.3, 0.4) is 0 Å². The van der Waals surface area contributed by atoms with Crippen LogP contribution < -0.4 is 20.9 Å². The van der Waals surface area contributed by atoms with Crippen LogP contribution in [0.25, 0.3) is 11.2 Å². The molecule has 69 heavy (non-hydrogen) atoms. The Balaban J connectivity index is 0.727. The first-order valence-corrected chi connectivity index (χ1v) is 24.0. The number of imide groups is 2. The molecule has 7 aliphatic rings. The van der Waals surface area contributed by atoms with Gasteiger partial charge in [0.1, 0.15) is 18.4 Å². The maximum atomic E-state index is 14.1. The highest BCUT2D eigenvalue weighted by molar-refractivity contribution is 6.39. The summed E-state index contributed by atoms with van der Waals surface area (Å²) in [4.78, 5) is 98.2. The Labute approximate surface area is 405 Å². The number of aromatic nitrogens is 4. The first-order chi connectivity index (χ1) is 33.4. The second-order valence-electron chi connectivity index (χ2n) is 18.6. The zero-order chi connectivity index (χ0) is 47.7. The highest BCUT2D eigenvalue weighted by Crippen LogP contribution is 2.43. The molecule has 3 aromatic carbocycles. The first kappa shape index (κ1) is 45.0. The molecule has 21 heteroatoms. The minimum atomic E-state index is -1.24. The Kier molecular flexibility index (Phi) is 11.8. The van der Waals surface area contributed by atoms with Gasteiger partial charge in [-0.1, -0.05) is 41.4 Å². The number of amides is 5. The summed E-state index contributed by atoms with van der Waals surface area (Å²) in [5.74, 6) is -3.19. The zero-order valence-corrected chi connectivity index (χ0v) is 38.8. The average molecular weight is 976 g/mol. The number of carbonyl (C=O) groups excluding carboxylic acids is 5. The number of hydrazine groups is 1. The van der Waals surface area contributed by atoms with Crippen molar-refractivity contribution in [1.82, 2.24) is 50.0 Å². The van der Waals surface area contributed by atoms with Crippen molar-refractivity contribution < 1.29 is 33.9 Å². The Morgan fingerprint density at radius 2 is 1.57 bits per heavy atom. The Hall–Kier alpha value is -6.51. The molecule has 3 atom stereocenters. The molecule has 0 spiro atoms. The summed E-state index contributed by atoms with van der Waals surface area (Å²) in [5, 5.41) is 24.3. The number of benzene rings is 3. The number of nitrogens with one attached hydrogen (secondary N) is 3. The SMILES string of the molecule is O=C1CC[C@H](N2C(=O)c3cccc([C@@H](C(=O)O)N4[C@H](CN5CCN(c6ccc(Nc7ncnc8c7ncn8C7CC(NC(=O)c8c(Cl)cccc8Cl)C7)cc6)CC5)C5CCN4CC5)c3C2=O)C(=O)N1. The van der Waals surface area contributed by atoms with Crippen LogP contribution in [-0.4, -0.2) is 144 Å². The molecule has 1 aliphatic carbocycles. The van der Waals surface area contributed by atoms with Gasteiger partial charge >= 0.3 is 5.97 Å². The van der Waals surface area contributed by atoms with Crippen LogP contribution in [0.5, 0.6) is 0 Å². The number of piperazine rings is 1. The molecule has 5 aromatic rings. The normalized spacial score (nSPS) is 25.4. The summed E-state index contributed by atoms with van der Waals surface area (Å²) in [6.45, 7) is 5.05. The van der Waals surface area contributed by atoms with Crippen molar-refractivity contribution >= 4 is 87.1 Å². The van der Waals surface area contributed by atoms with Gasteiger partial charge in [-0.2, -0.15) is 0 Å². The van der Waals surface area contributed by atoms with Gasteiger partial charge in [-0.15, -0.1) is 0 Å². The molecule has 8 heterocycles. The Morgan fingerprint density at radius 3 is 2.28 bits per heavy atom. The summed E-state index contributed by atoms with van der Waals surface area (Å²) in [6.07, 6.45) is 6.52. The number of fused-ring (bicyclic) bond motifs is 5. The van der Waals surface area contributed by atoms with E-state index in [-0.39, 0.29) is 65.0 Å². The van der Waals surface area contributed by atoms with Crippen molar-refractivity contribution in [3.05, 3.63) is 106 Å². The number of carbonyl (C=O) groups is 6. The van der Waals surface area contributed by atoms with Crippen molar-refractivity contribution in [2.24, 2.45) is 5.92 Å². The number of piperidine rings is 2. The molecule has 1 saturated carbocycles. The van der Waals surface area contributed by atoms with E-state index in [9.17, 15) is 33.9 Å². The number of rotatable bonds is 12. The van der Waals surface area contributed by atoms with Gasteiger partial charge in [-0.05, 0) is 86.1 Å². The summed E-state index contributed by atoms with van der Waals surface area (Å²) < 4.78 is 2.02. The molecular weight excluding hydrogens is 928 g/mol. The lowest BCUT2D eigenvalue weighted by molar-refractivity contribution is -0.196. The Bertz CT molecular complexity index is 2890. The van der Waals surface area contributed by atoms with Crippen molar-refractivity contribution in [3.63, 3.8) is 0 Å². The van der Waals surface area contributed by atoms with Crippen LogP contribution >= 0.6 is 23.2 Å². The number of hydrogen-bond donors (Lipinski definition) is 4. The summed E-state index contributed by atoms with van der Waals surface area (Å²) in [7, 11) is 0. The van der Waals surface area contributed by atoms with Crippen molar-refractivity contribution in [1.29, 1.82) is 0 Å². The van der Waals surface area contributed by atoms with E-state index in [1.54, 1.807) is 36.7 Å². The van der Waals surface area contributed by atoms with E-state index in [1.807, 2.05) is 21.7 Å². The van der Waals surface area contributed by atoms with E-state index in [0.29, 0.717) is 59.5 Å². The minimum Gasteiger partial charge on any atom is -0.480 e. The number of hydrogen-bond acceptors (Lipinski definition) is 14. The number of nitrogens with zero attached hydrogens (tertiary/aromatic N) is 9. The van der Waals surface area contributed by atoms with E-state index in [2.05, 4.69) is 57.8 Å². The minimum absolute atomic E-state index is 0.00152. The third kappa shape index (κ3) is 8.14. The molecule has 5 saturated heterocycles. The van der Waals surface area contributed by atoms with Gasteiger partial charge in [0.15, 0.2) is 17.0 Å². The predicted octanol–water partition coefficient (Wildman–Crippen LogP) is 4.67. The highest BCUT2D eigenvalue weighted by Gasteiger charge is 2.51. The van der Waals surface area contributed by atoms with Gasteiger partial charge in [0.05, 0.1) is 33.1 Å². The molecule has 19 nitrogen and oxygen atoms in total. The van der Waals surface area contributed by atoms with Crippen LogP contribution in [0.4, 0.5) is 17.2 Å². The quantitative estimate of drug-likeness (QED) is 0.125. The summed E-state index contributed by atoms with van der Waals surface area (Å²) in [6, 6.07) is 15.4. The topological polar surface area (TPSA) is 219 Å². The number of imidazole rings is 1. The average Bonchev–Trinajstić information content (AvgIpc) is 3.87. The molecule has 2 bridgehead atoms. The molecule has 0 unspecified atom stereocenters. The zero-order valence-electron chi connectivity index (χ0n) is 37.3. The number of aliphatic carboxylic acids is 1. The van der Waals surface area contributed by atoms with Crippen LogP contribution in [-0.2, 0) is 14.4 Å². The number of halogens is 2. The maximum Gasteiger partial charge on any atom is 0.326 e. The standard InChI is InChI=1S/C48H48Cl2N12O7/c49-33-5-2-6-34(50)39(33)45(65)55-28-21-30(22-28)60-25-53-40-42(51-24-52-43(40)60)54-27-7-9-29(10-8-27)58-19-17-57(18-20-58)23-36-26-13-15-59(16-14-26)62(36)41(48(68)69)31-3-1-4-32-38(31)47(67)61(46(32)66)35-11-12-37(63)56-44(35)64/h1-10,24-26,28,30,35-36,41H,11-23H2,(H,55,65)(H,68,69)(H,51,52,54)(H,56,63,64)/t28?,30?,35-,36+,41-/m0/s1. The molecule has 12 rings (SSSR count). The Morgan fingerprint density at radius 1 is 0.841 bits per heavy atom. The molecule has 0 radical (unpaired) electrons. The van der Waals surface area contributed by atoms with Gasteiger partial charge in [0.25, 0.3) is 17.7 Å². The second kappa shape index (κ2) is 18.1. The van der Waals surface area contributed by atoms with Gasteiger partial charge in [0, 0.05) is 81.7 Å². The van der Waals surface area contributed by atoms with Crippen molar-refractivity contribution in [3.8, 4) is 0 Å². The predicted molar refractivity (Wildman–Crippen MR) is 253 cm³/mol.